The van der Waals surface area contributed by atoms with E-state index in [9.17, 15) is 14.4 Å². The molecule has 2 aromatic heterocycles. The third kappa shape index (κ3) is 8.40. The van der Waals surface area contributed by atoms with E-state index in [-0.39, 0.29) is 35.2 Å². The lowest BCUT2D eigenvalue weighted by atomic mass is 9.84. The van der Waals surface area contributed by atoms with E-state index < -0.39 is 41.5 Å². The second-order valence-electron chi connectivity index (χ2n) is 15.3. The fourth-order valence-corrected chi connectivity index (χ4v) is 8.40. The van der Waals surface area contributed by atoms with Crippen LogP contribution in [-0.4, -0.2) is 113 Å². The van der Waals surface area contributed by atoms with Crippen LogP contribution < -0.4 is 25.3 Å². The number of rotatable bonds is 12. The van der Waals surface area contributed by atoms with Crippen molar-refractivity contribution < 1.29 is 38.1 Å². The number of alkyl carbamates (subject to hydrolysis) is 1. The lowest BCUT2D eigenvalue weighted by molar-refractivity contribution is -0.141. The molecule has 3 aliphatic carbocycles. The van der Waals surface area contributed by atoms with Gasteiger partial charge in [-0.3, -0.25) is 14.5 Å². The van der Waals surface area contributed by atoms with Crippen LogP contribution in [0.5, 0.6) is 22.6 Å². The van der Waals surface area contributed by atoms with Gasteiger partial charge in [0.15, 0.2) is 0 Å². The third-order valence-corrected chi connectivity index (χ3v) is 11.5. The molecule has 5 fully saturated rings. The summed E-state index contributed by atoms with van der Waals surface area (Å²) in [6, 6.07) is 3.22. The van der Waals surface area contributed by atoms with Crippen LogP contribution >= 0.6 is 22.9 Å². The Labute approximate surface area is 316 Å². The Kier molecular flexibility index (Phi) is 10.8. The van der Waals surface area contributed by atoms with Crippen LogP contribution in [0.2, 0.25) is 5.02 Å². The van der Waals surface area contributed by atoms with Crippen molar-refractivity contribution in [2.45, 2.75) is 77.7 Å². The van der Waals surface area contributed by atoms with Gasteiger partial charge < -0.3 is 39.6 Å². The van der Waals surface area contributed by atoms with Gasteiger partial charge in [0.25, 0.3) is 0 Å². The minimum absolute atomic E-state index is 0.0359. The van der Waals surface area contributed by atoms with Gasteiger partial charge in [-0.25, -0.2) is 9.78 Å². The minimum atomic E-state index is -0.982. The van der Waals surface area contributed by atoms with Crippen molar-refractivity contribution in [3.63, 3.8) is 0 Å². The summed E-state index contributed by atoms with van der Waals surface area (Å²) < 4.78 is 29.8. The Morgan fingerprint density at radius 2 is 1.89 bits per heavy atom. The highest BCUT2D eigenvalue weighted by Crippen LogP contribution is 2.50. The monoisotopic (exact) mass is 771 g/mol. The molecule has 15 nitrogen and oxygen atoms in total. The van der Waals surface area contributed by atoms with Gasteiger partial charge in [-0.2, -0.15) is 0 Å². The van der Waals surface area contributed by atoms with E-state index in [0.29, 0.717) is 65.6 Å². The van der Waals surface area contributed by atoms with Gasteiger partial charge in [-0.05, 0) is 55.6 Å². The van der Waals surface area contributed by atoms with Gasteiger partial charge in [0.2, 0.25) is 17.7 Å². The van der Waals surface area contributed by atoms with Gasteiger partial charge in [-0.1, -0.05) is 48.8 Å². The fraction of sp³-hybridized carbons (Fsp3) is 0.611. The summed E-state index contributed by atoms with van der Waals surface area (Å²) in [5.41, 5.74) is 5.53. The number of pyridine rings is 1. The first kappa shape index (κ1) is 37.3. The molecule has 17 heteroatoms. The quantitative estimate of drug-likeness (QED) is 0.267. The number of halogens is 1. The number of amides is 3. The number of nitrogens with one attached hydrogen (secondary N) is 1. The molecule has 286 valence electrons. The molecule has 1 aromatic carbocycles. The molecule has 0 radical (unpaired) electrons. The van der Waals surface area contributed by atoms with Crippen LogP contribution in [0.1, 0.15) is 51.5 Å². The van der Waals surface area contributed by atoms with E-state index in [4.69, 9.17) is 41.0 Å². The van der Waals surface area contributed by atoms with Crippen LogP contribution in [0.4, 0.5) is 4.79 Å². The largest absolute Gasteiger partial charge is 0.491 e. The molecule has 8 rings (SSSR count). The molecule has 2 bridgehead atoms. The first-order chi connectivity index (χ1) is 25.3. The number of morpholine rings is 1. The number of aryl methyl sites for hydroxylation is 1. The van der Waals surface area contributed by atoms with Crippen LogP contribution in [0.25, 0.3) is 10.9 Å². The highest BCUT2D eigenvalue weighted by Gasteiger charge is 2.48. The predicted molar refractivity (Wildman–Crippen MR) is 195 cm³/mol. The molecule has 3 aromatic rings. The van der Waals surface area contributed by atoms with Crippen molar-refractivity contribution >= 4 is 51.7 Å². The Morgan fingerprint density at radius 3 is 2.55 bits per heavy atom. The number of ether oxygens (including phenoxy) is 5. The molecule has 1 unspecified atom stereocenters. The summed E-state index contributed by atoms with van der Waals surface area (Å²) in [6.45, 7) is 11.6. The molecule has 3 saturated carbocycles. The summed E-state index contributed by atoms with van der Waals surface area (Å²) in [4.78, 5) is 48.4. The van der Waals surface area contributed by atoms with Gasteiger partial charge >= 0.3 is 11.3 Å². The number of hydrogen-bond donors (Lipinski definition) is 2. The Morgan fingerprint density at radius 1 is 1.11 bits per heavy atom. The molecular weight excluding hydrogens is 726 g/mol. The van der Waals surface area contributed by atoms with E-state index in [1.807, 2.05) is 27.7 Å². The zero-order valence-electron chi connectivity index (χ0n) is 30.3. The van der Waals surface area contributed by atoms with Crippen LogP contribution in [0.15, 0.2) is 18.2 Å². The number of hydrogen-bond acceptors (Lipinski definition) is 13. The number of aromatic nitrogens is 3. The van der Waals surface area contributed by atoms with Crippen molar-refractivity contribution in [3.8, 4) is 22.6 Å². The van der Waals surface area contributed by atoms with Crippen LogP contribution in [0.3, 0.4) is 0 Å². The third-order valence-electron chi connectivity index (χ3n) is 10.5. The molecular formula is C36H46ClN7O8S. The zero-order chi connectivity index (χ0) is 37.4. The molecule has 2 aliphatic heterocycles. The van der Waals surface area contributed by atoms with E-state index in [1.54, 1.807) is 18.2 Å². The summed E-state index contributed by atoms with van der Waals surface area (Å²) in [7, 11) is 0. The van der Waals surface area contributed by atoms with Crippen molar-refractivity contribution in [3.05, 3.63) is 28.2 Å². The maximum atomic E-state index is 14.2. The summed E-state index contributed by atoms with van der Waals surface area (Å²) in [5.74, 6) is 0.840. The van der Waals surface area contributed by atoms with Gasteiger partial charge in [0.05, 0.1) is 19.8 Å². The highest BCUT2D eigenvalue weighted by atomic mass is 35.5. The Balaban J connectivity index is 1.11. The summed E-state index contributed by atoms with van der Waals surface area (Å²) in [5, 5.41) is 12.7. The van der Waals surface area contributed by atoms with E-state index in [0.717, 1.165) is 32.4 Å². The van der Waals surface area contributed by atoms with Crippen molar-refractivity contribution in [1.29, 1.82) is 0 Å². The standard InChI is InChI=1S/C36H46ClN7O8S/c1-19-41-42-35(53-19)52-28-17-27(23-5-6-25(29(37)30(23)39-28)49-12-9-43-7-10-48-11-8-43)50-22-16-24(32(38)45)44(18-22)33(46)31(36(2,3)4)40-34(47)51-26-15-20-13-21(26)14-20/h5-6,17,20-22,24,26,31H,7-16,18H2,1-4H3,(H2,38,45)(H,40,47)/t20?,21?,22?,24-,26-,31+/m0/s1. The Bertz CT molecular complexity index is 1840. The number of benzene rings is 1. The second kappa shape index (κ2) is 15.4. The predicted octanol–water partition coefficient (Wildman–Crippen LogP) is 4.32. The van der Waals surface area contributed by atoms with Crippen LogP contribution in [0, 0.1) is 24.2 Å². The normalized spacial score (nSPS) is 24.8. The first-order valence-corrected chi connectivity index (χ1v) is 19.3. The fourth-order valence-electron chi connectivity index (χ4n) is 7.59. The average molecular weight is 772 g/mol. The maximum Gasteiger partial charge on any atom is 0.408 e. The molecule has 0 spiro atoms. The molecule has 3 amide bonds. The van der Waals surface area contributed by atoms with Gasteiger partial charge in [0, 0.05) is 37.5 Å². The smallest absolute Gasteiger partial charge is 0.408 e. The Hall–Kier alpha value is -3.99. The SMILES string of the molecule is Cc1nnc(Oc2cc(OC3C[C@@H](C(N)=O)N(C(=O)[C@@H](NC(=O)O[C@H]4CC5CC4C5)C(C)(C)C)C3)c3ccc(OCCN4CCOCC4)c(Cl)c3n2)s1. The topological polar surface area (TPSA) is 181 Å². The van der Waals surface area contributed by atoms with Crippen molar-refractivity contribution in [1.82, 2.24) is 30.3 Å². The molecule has 53 heavy (non-hydrogen) atoms. The van der Waals surface area contributed by atoms with E-state index in [2.05, 4.69) is 25.4 Å². The lowest BCUT2D eigenvalue weighted by Crippen LogP contribution is -2.57. The number of carbonyl (C=O) groups excluding carboxylic acids is 3. The molecule has 4 heterocycles. The van der Waals surface area contributed by atoms with Gasteiger partial charge in [-0.15, -0.1) is 5.10 Å². The minimum Gasteiger partial charge on any atom is -0.491 e. The number of nitrogens with two attached hydrogens (primary N) is 1. The summed E-state index contributed by atoms with van der Waals surface area (Å²) in [6.07, 6.45) is 1.71. The van der Waals surface area contributed by atoms with E-state index in [1.165, 1.54) is 16.2 Å². The molecule has 5 aliphatic rings. The number of fused-ring (bicyclic) bond motifs is 2. The number of nitrogens with zero attached hydrogens (tertiary/aromatic N) is 5. The van der Waals surface area contributed by atoms with Gasteiger partial charge in [0.1, 0.15) is 57.9 Å². The number of carbonyl (C=O) groups is 3. The zero-order valence-corrected chi connectivity index (χ0v) is 31.9. The molecule has 4 atom stereocenters. The van der Waals surface area contributed by atoms with Crippen LogP contribution in [-0.2, 0) is 19.1 Å². The van der Waals surface area contributed by atoms with E-state index >= 15 is 0 Å². The van der Waals surface area contributed by atoms with Crippen molar-refractivity contribution in [2.24, 2.45) is 23.0 Å². The highest BCUT2D eigenvalue weighted by molar-refractivity contribution is 7.13. The lowest BCUT2D eigenvalue weighted by Gasteiger charge is -2.35. The second-order valence-corrected chi connectivity index (χ2v) is 16.9. The average Bonchev–Trinajstić information content (AvgIpc) is 3.89. The molecule has 3 N–H and O–H groups in total. The summed E-state index contributed by atoms with van der Waals surface area (Å²) >= 11 is 8.18. The number of primary amides is 1. The first-order valence-electron chi connectivity index (χ1n) is 18.1. The number of likely N-dealkylation sites (tertiary alicyclic amines) is 1. The molecule has 2 saturated heterocycles. The maximum absolute atomic E-state index is 14.2. The van der Waals surface area contributed by atoms with Crippen molar-refractivity contribution in [2.75, 3.05) is 46.0 Å².